The van der Waals surface area contributed by atoms with E-state index in [1.807, 2.05) is 0 Å². The highest BCUT2D eigenvalue weighted by molar-refractivity contribution is 9.08. The molecule has 19 heavy (non-hydrogen) atoms. The molecule has 0 aliphatic heterocycles. The predicted octanol–water partition coefficient (Wildman–Crippen LogP) is 4.79. The number of benzene rings is 1. The third-order valence-corrected chi connectivity index (χ3v) is 3.00. The van der Waals surface area contributed by atoms with Crippen LogP contribution in [0.3, 0.4) is 0 Å². The standard InChI is InChI=1S/C13H9BrF3NO/c14-7-9-3-4-10(6-12(9)13(15,16)17)19-11-2-1-5-18-8-11/h1-6,8H,7H2. The lowest BCUT2D eigenvalue weighted by Gasteiger charge is -2.13. The summed E-state index contributed by atoms with van der Waals surface area (Å²) in [6.45, 7) is 0. The number of hydrogen-bond donors (Lipinski definition) is 0. The Kier molecular flexibility index (Phi) is 4.09. The summed E-state index contributed by atoms with van der Waals surface area (Å²) < 4.78 is 43.9. The van der Waals surface area contributed by atoms with Gasteiger partial charge in [-0.05, 0) is 29.8 Å². The molecule has 0 saturated heterocycles. The fourth-order valence-corrected chi connectivity index (χ4v) is 2.03. The summed E-state index contributed by atoms with van der Waals surface area (Å²) in [5, 5.41) is 0.134. The second-order valence-electron chi connectivity index (χ2n) is 3.74. The second-order valence-corrected chi connectivity index (χ2v) is 4.30. The van der Waals surface area contributed by atoms with Crippen molar-refractivity contribution in [2.45, 2.75) is 11.5 Å². The van der Waals surface area contributed by atoms with Gasteiger partial charge >= 0.3 is 6.18 Å². The van der Waals surface area contributed by atoms with Crippen molar-refractivity contribution >= 4 is 15.9 Å². The largest absolute Gasteiger partial charge is 0.456 e. The smallest absolute Gasteiger partial charge is 0.416 e. The molecule has 0 N–H and O–H groups in total. The van der Waals surface area contributed by atoms with Gasteiger partial charge in [0.15, 0.2) is 0 Å². The Morgan fingerprint density at radius 2 is 1.95 bits per heavy atom. The highest BCUT2D eigenvalue weighted by Gasteiger charge is 2.33. The molecule has 0 spiro atoms. The van der Waals surface area contributed by atoms with Gasteiger partial charge in [0.2, 0.25) is 0 Å². The highest BCUT2D eigenvalue weighted by Crippen LogP contribution is 2.36. The molecule has 1 aromatic heterocycles. The van der Waals surface area contributed by atoms with E-state index < -0.39 is 11.7 Å². The summed E-state index contributed by atoms with van der Waals surface area (Å²) >= 11 is 3.04. The van der Waals surface area contributed by atoms with Crippen molar-refractivity contribution in [3.8, 4) is 11.5 Å². The molecule has 2 nitrogen and oxygen atoms in total. The third-order valence-electron chi connectivity index (χ3n) is 2.40. The summed E-state index contributed by atoms with van der Waals surface area (Å²) in [6, 6.07) is 7.15. The Balaban J connectivity index is 2.33. The van der Waals surface area contributed by atoms with Gasteiger partial charge in [-0.2, -0.15) is 13.2 Å². The van der Waals surface area contributed by atoms with E-state index in [1.165, 1.54) is 18.3 Å². The van der Waals surface area contributed by atoms with Gasteiger partial charge in [0.25, 0.3) is 0 Å². The minimum absolute atomic E-state index is 0.130. The number of alkyl halides is 4. The molecule has 1 heterocycles. The monoisotopic (exact) mass is 331 g/mol. The van der Waals surface area contributed by atoms with Gasteiger partial charge in [-0.15, -0.1) is 0 Å². The third kappa shape index (κ3) is 3.47. The zero-order valence-corrected chi connectivity index (χ0v) is 11.2. The van der Waals surface area contributed by atoms with Gasteiger partial charge in [0.1, 0.15) is 11.5 Å². The molecule has 100 valence electrons. The molecular weight excluding hydrogens is 323 g/mol. The van der Waals surface area contributed by atoms with Gasteiger partial charge < -0.3 is 4.74 Å². The van der Waals surface area contributed by atoms with E-state index in [-0.39, 0.29) is 16.6 Å². The number of halogens is 4. The number of rotatable bonds is 3. The van der Waals surface area contributed by atoms with Gasteiger partial charge in [-0.25, -0.2) is 0 Å². The second kappa shape index (κ2) is 5.61. The van der Waals surface area contributed by atoms with E-state index in [9.17, 15) is 13.2 Å². The molecule has 6 heteroatoms. The SMILES string of the molecule is FC(F)(F)c1cc(Oc2cccnc2)ccc1CBr. The maximum atomic E-state index is 12.9. The fourth-order valence-electron chi connectivity index (χ4n) is 1.54. The number of pyridine rings is 1. The van der Waals surface area contributed by atoms with Crippen molar-refractivity contribution in [3.05, 3.63) is 53.9 Å². The van der Waals surface area contributed by atoms with Crippen LogP contribution in [-0.2, 0) is 11.5 Å². The van der Waals surface area contributed by atoms with Crippen LogP contribution in [0.25, 0.3) is 0 Å². The summed E-state index contributed by atoms with van der Waals surface area (Å²) in [4.78, 5) is 3.83. The average Bonchev–Trinajstić information content (AvgIpc) is 2.39. The lowest BCUT2D eigenvalue weighted by molar-refractivity contribution is -0.138. The van der Waals surface area contributed by atoms with Crippen molar-refractivity contribution in [1.82, 2.24) is 4.98 Å². The summed E-state index contributed by atoms with van der Waals surface area (Å²) in [5.41, 5.74) is -0.531. The van der Waals surface area contributed by atoms with Gasteiger partial charge in [-0.1, -0.05) is 22.0 Å². The molecular formula is C13H9BrF3NO. The normalized spacial score (nSPS) is 11.4. The molecule has 0 aliphatic carbocycles. The first kappa shape index (κ1) is 13.9. The summed E-state index contributed by atoms with van der Waals surface area (Å²) in [6.07, 6.45) is -1.41. The van der Waals surface area contributed by atoms with Crippen LogP contribution < -0.4 is 4.74 Å². The first-order valence-electron chi connectivity index (χ1n) is 5.34. The van der Waals surface area contributed by atoms with E-state index in [0.717, 1.165) is 6.07 Å². The van der Waals surface area contributed by atoms with Crippen LogP contribution in [0.5, 0.6) is 11.5 Å². The van der Waals surface area contributed by atoms with Crippen molar-refractivity contribution in [1.29, 1.82) is 0 Å². The summed E-state index contributed by atoms with van der Waals surface area (Å²) in [5.74, 6) is 0.521. The first-order valence-corrected chi connectivity index (χ1v) is 6.47. The van der Waals surface area contributed by atoms with Crippen molar-refractivity contribution in [2.24, 2.45) is 0 Å². The Hall–Kier alpha value is -1.56. The van der Waals surface area contributed by atoms with Crippen LogP contribution in [0.15, 0.2) is 42.7 Å². The topological polar surface area (TPSA) is 22.1 Å². The number of nitrogens with zero attached hydrogens (tertiary/aromatic N) is 1. The zero-order valence-electron chi connectivity index (χ0n) is 9.62. The molecule has 2 aromatic rings. The van der Waals surface area contributed by atoms with Crippen molar-refractivity contribution in [2.75, 3.05) is 0 Å². The van der Waals surface area contributed by atoms with Crippen molar-refractivity contribution < 1.29 is 17.9 Å². The minimum atomic E-state index is -4.41. The minimum Gasteiger partial charge on any atom is -0.456 e. The van der Waals surface area contributed by atoms with E-state index in [4.69, 9.17) is 4.74 Å². The Morgan fingerprint density at radius 1 is 1.16 bits per heavy atom. The first-order chi connectivity index (χ1) is 9.00. The molecule has 0 radical (unpaired) electrons. The van der Waals surface area contributed by atoms with E-state index in [1.54, 1.807) is 18.3 Å². The van der Waals surface area contributed by atoms with Crippen LogP contribution in [0.4, 0.5) is 13.2 Å². The molecule has 0 saturated carbocycles. The number of ether oxygens (including phenoxy) is 1. The average molecular weight is 332 g/mol. The van der Waals surface area contributed by atoms with Gasteiger partial charge in [0, 0.05) is 11.5 Å². The Morgan fingerprint density at radius 3 is 2.53 bits per heavy atom. The van der Waals surface area contributed by atoms with Gasteiger partial charge in [-0.3, -0.25) is 4.98 Å². The zero-order chi connectivity index (χ0) is 13.9. The molecule has 0 amide bonds. The molecule has 0 aliphatic rings. The molecule has 0 unspecified atom stereocenters. The van der Waals surface area contributed by atoms with Crippen LogP contribution in [0.1, 0.15) is 11.1 Å². The Labute approximate surface area is 116 Å². The van der Waals surface area contributed by atoms with Gasteiger partial charge in [0.05, 0.1) is 11.8 Å². The van der Waals surface area contributed by atoms with E-state index in [0.29, 0.717) is 5.75 Å². The van der Waals surface area contributed by atoms with Crippen LogP contribution in [0, 0.1) is 0 Å². The molecule has 1 aromatic carbocycles. The predicted molar refractivity (Wildman–Crippen MR) is 68.4 cm³/mol. The molecule has 2 rings (SSSR count). The highest BCUT2D eigenvalue weighted by atomic mass is 79.9. The molecule has 0 bridgehead atoms. The summed E-state index contributed by atoms with van der Waals surface area (Å²) in [7, 11) is 0. The fraction of sp³-hybridized carbons (Fsp3) is 0.154. The quantitative estimate of drug-likeness (QED) is 0.754. The van der Waals surface area contributed by atoms with Crippen molar-refractivity contribution in [3.63, 3.8) is 0 Å². The molecule has 0 fully saturated rings. The molecule has 0 atom stereocenters. The number of hydrogen-bond acceptors (Lipinski definition) is 2. The van der Waals surface area contributed by atoms with Crippen LogP contribution in [0.2, 0.25) is 0 Å². The van der Waals surface area contributed by atoms with Crippen LogP contribution >= 0.6 is 15.9 Å². The van der Waals surface area contributed by atoms with E-state index in [2.05, 4.69) is 20.9 Å². The maximum Gasteiger partial charge on any atom is 0.416 e. The van der Waals surface area contributed by atoms with Crippen LogP contribution in [-0.4, -0.2) is 4.98 Å². The maximum absolute atomic E-state index is 12.9. The number of aromatic nitrogens is 1. The lowest BCUT2D eigenvalue weighted by atomic mass is 10.1. The van der Waals surface area contributed by atoms with E-state index >= 15 is 0 Å². The Bertz CT molecular complexity index is 558. The lowest BCUT2D eigenvalue weighted by Crippen LogP contribution is -2.08.